The van der Waals surface area contributed by atoms with Crippen LogP contribution in [0.5, 0.6) is 5.75 Å². The summed E-state index contributed by atoms with van der Waals surface area (Å²) in [5, 5.41) is 12.5. The van der Waals surface area contributed by atoms with Gasteiger partial charge in [-0.25, -0.2) is 9.97 Å². The van der Waals surface area contributed by atoms with E-state index in [2.05, 4.69) is 15.3 Å². The minimum Gasteiger partial charge on any atom is -0.508 e. The summed E-state index contributed by atoms with van der Waals surface area (Å²) >= 11 is 5.71. The van der Waals surface area contributed by atoms with E-state index in [1.54, 1.807) is 30.3 Å². The predicted octanol–water partition coefficient (Wildman–Crippen LogP) is 2.58. The Bertz CT molecular complexity index is 458. The fourth-order valence-electron chi connectivity index (χ4n) is 1.09. The highest BCUT2D eigenvalue weighted by molar-refractivity contribution is 6.29. The third-order valence-corrected chi connectivity index (χ3v) is 1.98. The van der Waals surface area contributed by atoms with Gasteiger partial charge < -0.3 is 10.4 Å². The number of anilines is 2. The van der Waals surface area contributed by atoms with E-state index in [1.807, 2.05) is 0 Å². The van der Waals surface area contributed by atoms with Crippen LogP contribution in [0.2, 0.25) is 5.15 Å². The molecule has 0 aliphatic heterocycles. The maximum atomic E-state index is 9.09. The highest BCUT2D eigenvalue weighted by Gasteiger charge is 1.97. The van der Waals surface area contributed by atoms with Crippen LogP contribution in [0.3, 0.4) is 0 Å². The van der Waals surface area contributed by atoms with Gasteiger partial charge in [-0.1, -0.05) is 11.6 Å². The molecule has 0 amide bonds. The fourth-order valence-corrected chi connectivity index (χ4v) is 1.24. The standard InChI is InChI=1S/C10H8ClN3O/c11-9-5-10(13-6-12-9)14-7-1-3-8(15)4-2-7/h1-6,15H,(H,12,13,14). The van der Waals surface area contributed by atoms with E-state index >= 15 is 0 Å². The molecule has 0 bridgehead atoms. The van der Waals surface area contributed by atoms with Crippen molar-refractivity contribution < 1.29 is 5.11 Å². The van der Waals surface area contributed by atoms with Gasteiger partial charge in [0.05, 0.1) is 0 Å². The van der Waals surface area contributed by atoms with Crippen molar-refractivity contribution in [3.63, 3.8) is 0 Å². The molecule has 0 radical (unpaired) electrons. The van der Waals surface area contributed by atoms with Crippen molar-refractivity contribution in [2.75, 3.05) is 5.32 Å². The van der Waals surface area contributed by atoms with E-state index in [-0.39, 0.29) is 5.75 Å². The monoisotopic (exact) mass is 221 g/mol. The molecule has 0 aliphatic rings. The van der Waals surface area contributed by atoms with Crippen molar-refractivity contribution in [1.29, 1.82) is 0 Å². The summed E-state index contributed by atoms with van der Waals surface area (Å²) in [5.74, 6) is 0.835. The van der Waals surface area contributed by atoms with Crippen molar-refractivity contribution >= 4 is 23.1 Å². The molecule has 1 aromatic carbocycles. The van der Waals surface area contributed by atoms with Crippen LogP contribution in [-0.4, -0.2) is 15.1 Å². The first-order chi connectivity index (χ1) is 7.24. The zero-order valence-electron chi connectivity index (χ0n) is 7.68. The van der Waals surface area contributed by atoms with Gasteiger partial charge in [0.2, 0.25) is 0 Å². The van der Waals surface area contributed by atoms with Gasteiger partial charge in [0.1, 0.15) is 23.0 Å². The summed E-state index contributed by atoms with van der Waals surface area (Å²) in [7, 11) is 0. The van der Waals surface area contributed by atoms with E-state index in [4.69, 9.17) is 16.7 Å². The van der Waals surface area contributed by atoms with Crippen LogP contribution in [0.4, 0.5) is 11.5 Å². The smallest absolute Gasteiger partial charge is 0.135 e. The highest BCUT2D eigenvalue weighted by Crippen LogP contribution is 2.18. The summed E-state index contributed by atoms with van der Waals surface area (Å²) in [5.41, 5.74) is 0.822. The number of rotatable bonds is 2. The molecule has 4 nitrogen and oxygen atoms in total. The van der Waals surface area contributed by atoms with E-state index < -0.39 is 0 Å². The third-order valence-electron chi connectivity index (χ3n) is 1.77. The normalized spacial score (nSPS) is 9.93. The molecule has 0 unspecified atom stereocenters. The minimum absolute atomic E-state index is 0.223. The zero-order valence-corrected chi connectivity index (χ0v) is 8.44. The van der Waals surface area contributed by atoms with Crippen LogP contribution in [0.1, 0.15) is 0 Å². The Kier molecular flexibility index (Phi) is 2.69. The van der Waals surface area contributed by atoms with E-state index in [1.165, 1.54) is 6.33 Å². The first-order valence-electron chi connectivity index (χ1n) is 4.27. The van der Waals surface area contributed by atoms with Crippen LogP contribution in [0.25, 0.3) is 0 Å². The summed E-state index contributed by atoms with van der Waals surface area (Å²) in [6.07, 6.45) is 1.38. The molecular formula is C10H8ClN3O. The Morgan fingerprint density at radius 3 is 2.53 bits per heavy atom. The lowest BCUT2D eigenvalue weighted by molar-refractivity contribution is 0.475. The van der Waals surface area contributed by atoms with Gasteiger partial charge in [0, 0.05) is 11.8 Å². The van der Waals surface area contributed by atoms with Crippen LogP contribution in [0.15, 0.2) is 36.7 Å². The number of hydrogen-bond donors (Lipinski definition) is 2. The molecule has 1 aromatic heterocycles. The van der Waals surface area contributed by atoms with Crippen molar-refractivity contribution in [3.05, 3.63) is 41.8 Å². The van der Waals surface area contributed by atoms with Gasteiger partial charge >= 0.3 is 0 Å². The molecule has 0 saturated carbocycles. The molecule has 0 spiro atoms. The molecule has 2 N–H and O–H groups in total. The molecule has 1 heterocycles. The Hall–Kier alpha value is -1.81. The second-order valence-corrected chi connectivity index (χ2v) is 3.29. The lowest BCUT2D eigenvalue weighted by Gasteiger charge is -2.04. The molecule has 15 heavy (non-hydrogen) atoms. The first kappa shape index (κ1) is 9.73. The molecule has 0 saturated heterocycles. The maximum absolute atomic E-state index is 9.09. The Labute approximate surface area is 91.6 Å². The molecule has 2 rings (SSSR count). The Morgan fingerprint density at radius 2 is 1.87 bits per heavy atom. The molecule has 76 valence electrons. The summed E-state index contributed by atoms with van der Waals surface area (Å²) in [4.78, 5) is 7.76. The Balaban J connectivity index is 2.18. The number of aromatic nitrogens is 2. The van der Waals surface area contributed by atoms with Crippen LogP contribution >= 0.6 is 11.6 Å². The number of hydrogen-bond acceptors (Lipinski definition) is 4. The summed E-state index contributed by atoms with van der Waals surface area (Å²) < 4.78 is 0. The van der Waals surface area contributed by atoms with Gasteiger partial charge in [-0.2, -0.15) is 0 Å². The predicted molar refractivity (Wildman–Crippen MR) is 58.4 cm³/mol. The number of nitrogens with one attached hydrogen (secondary N) is 1. The second-order valence-electron chi connectivity index (χ2n) is 2.90. The maximum Gasteiger partial charge on any atom is 0.135 e. The van der Waals surface area contributed by atoms with Gasteiger partial charge in [0.15, 0.2) is 0 Å². The zero-order chi connectivity index (χ0) is 10.7. The van der Waals surface area contributed by atoms with Crippen LogP contribution in [0, 0.1) is 0 Å². The number of aromatic hydroxyl groups is 1. The molecule has 0 fully saturated rings. The molecule has 0 atom stereocenters. The largest absolute Gasteiger partial charge is 0.508 e. The number of phenolic OH excluding ortho intramolecular Hbond substituents is 1. The van der Waals surface area contributed by atoms with Gasteiger partial charge in [-0.15, -0.1) is 0 Å². The minimum atomic E-state index is 0.223. The van der Waals surface area contributed by atoms with E-state index in [0.29, 0.717) is 11.0 Å². The SMILES string of the molecule is Oc1ccc(Nc2cc(Cl)ncn2)cc1. The van der Waals surface area contributed by atoms with Gasteiger partial charge in [-0.05, 0) is 24.3 Å². The van der Waals surface area contributed by atoms with Crippen molar-refractivity contribution in [2.24, 2.45) is 0 Å². The molecule has 2 aromatic rings. The number of halogens is 1. The summed E-state index contributed by atoms with van der Waals surface area (Å²) in [6, 6.07) is 8.28. The van der Waals surface area contributed by atoms with Gasteiger partial charge in [0.25, 0.3) is 0 Å². The molecule has 5 heteroatoms. The Morgan fingerprint density at radius 1 is 1.13 bits per heavy atom. The number of nitrogens with zero attached hydrogens (tertiary/aromatic N) is 2. The fraction of sp³-hybridized carbons (Fsp3) is 0. The van der Waals surface area contributed by atoms with Crippen LogP contribution < -0.4 is 5.32 Å². The van der Waals surface area contributed by atoms with Crippen LogP contribution in [-0.2, 0) is 0 Å². The average molecular weight is 222 g/mol. The average Bonchev–Trinajstić information content (AvgIpc) is 2.22. The lowest BCUT2D eigenvalue weighted by atomic mass is 10.3. The number of phenols is 1. The number of benzene rings is 1. The van der Waals surface area contributed by atoms with E-state index in [9.17, 15) is 0 Å². The van der Waals surface area contributed by atoms with Crippen molar-refractivity contribution in [2.45, 2.75) is 0 Å². The first-order valence-corrected chi connectivity index (χ1v) is 4.65. The quantitative estimate of drug-likeness (QED) is 0.605. The molecular weight excluding hydrogens is 214 g/mol. The lowest BCUT2D eigenvalue weighted by Crippen LogP contribution is -1.93. The highest BCUT2D eigenvalue weighted by atomic mass is 35.5. The van der Waals surface area contributed by atoms with Crippen molar-refractivity contribution in [3.8, 4) is 5.75 Å². The molecule has 0 aliphatic carbocycles. The summed E-state index contributed by atoms with van der Waals surface area (Å²) in [6.45, 7) is 0. The topological polar surface area (TPSA) is 58.0 Å². The van der Waals surface area contributed by atoms with Crippen molar-refractivity contribution in [1.82, 2.24) is 9.97 Å². The van der Waals surface area contributed by atoms with E-state index in [0.717, 1.165) is 5.69 Å². The third kappa shape index (κ3) is 2.57. The second kappa shape index (κ2) is 4.14. The van der Waals surface area contributed by atoms with Gasteiger partial charge in [-0.3, -0.25) is 0 Å².